The normalized spacial score (nSPS) is 20.7. The molecule has 2 aromatic carbocycles. The average Bonchev–Trinajstić information content (AvgIpc) is 3.65. The number of benzene rings is 2. The van der Waals surface area contributed by atoms with E-state index in [1.165, 1.54) is 17.0 Å². The molecule has 0 N–H and O–H groups in total. The van der Waals surface area contributed by atoms with Crippen LogP contribution in [0.15, 0.2) is 46.9 Å². The minimum atomic E-state index is -3.51. The minimum Gasteiger partial charge on any atom is -0.323 e. The van der Waals surface area contributed by atoms with Crippen LogP contribution in [0.3, 0.4) is 0 Å². The second kappa shape index (κ2) is 10.7. The van der Waals surface area contributed by atoms with E-state index >= 15 is 0 Å². The minimum absolute atomic E-state index is 0.0232. The maximum atomic E-state index is 14.1. The second-order valence-corrected chi connectivity index (χ2v) is 13.9. The number of sulfonamides is 1. The molecule has 2 heterocycles. The Balaban J connectivity index is 1.31. The number of nitrogens with zero attached hydrogens (tertiary/aromatic N) is 3. The Bertz CT molecular complexity index is 1320. The van der Waals surface area contributed by atoms with E-state index in [0.717, 1.165) is 31.2 Å². The van der Waals surface area contributed by atoms with Gasteiger partial charge in [-0.3, -0.25) is 9.69 Å². The summed E-state index contributed by atoms with van der Waals surface area (Å²) in [5.74, 6) is -0.236. The Morgan fingerprint density at radius 2 is 1.71 bits per heavy atom. The van der Waals surface area contributed by atoms with E-state index < -0.39 is 10.0 Å². The first-order valence-corrected chi connectivity index (χ1v) is 15.6. The van der Waals surface area contributed by atoms with Gasteiger partial charge in [-0.05, 0) is 66.5 Å². The second-order valence-electron chi connectivity index (χ2n) is 11.0. The summed E-state index contributed by atoms with van der Waals surface area (Å²) in [6.45, 7) is 3.93. The highest BCUT2D eigenvalue weighted by Gasteiger charge is 2.48. The maximum Gasteiger partial charge on any atom is 0.327 e. The lowest BCUT2D eigenvalue weighted by Crippen LogP contribution is -2.53. The van der Waals surface area contributed by atoms with Gasteiger partial charge in [0.1, 0.15) is 5.82 Å². The molecule has 204 valence electrons. The summed E-state index contributed by atoms with van der Waals surface area (Å²) in [6.07, 6.45) is 3.58. The summed E-state index contributed by atoms with van der Waals surface area (Å²) in [5, 5.41) is 0. The number of amides is 3. The van der Waals surface area contributed by atoms with Crippen molar-refractivity contribution in [2.75, 3.05) is 26.2 Å². The van der Waals surface area contributed by atoms with Crippen LogP contribution >= 0.6 is 15.9 Å². The van der Waals surface area contributed by atoms with Crippen molar-refractivity contribution in [3.8, 4) is 0 Å². The average molecular weight is 607 g/mol. The molecule has 5 rings (SSSR count). The molecular weight excluding hydrogens is 573 g/mol. The molecular formula is C28H33BrFN3O4S. The molecule has 0 unspecified atom stereocenters. The van der Waals surface area contributed by atoms with Crippen molar-refractivity contribution in [3.05, 3.63) is 69.4 Å². The van der Waals surface area contributed by atoms with Crippen molar-refractivity contribution in [1.82, 2.24) is 14.1 Å². The van der Waals surface area contributed by atoms with Gasteiger partial charge < -0.3 is 4.90 Å². The van der Waals surface area contributed by atoms with Gasteiger partial charge >= 0.3 is 6.03 Å². The van der Waals surface area contributed by atoms with E-state index in [-0.39, 0.29) is 41.9 Å². The van der Waals surface area contributed by atoms with Crippen LogP contribution in [0.25, 0.3) is 0 Å². The van der Waals surface area contributed by atoms with Crippen molar-refractivity contribution in [1.29, 1.82) is 0 Å². The highest BCUT2D eigenvalue weighted by atomic mass is 79.9. The van der Waals surface area contributed by atoms with E-state index in [2.05, 4.69) is 22.9 Å². The number of urea groups is 1. The molecule has 0 bridgehead atoms. The summed E-state index contributed by atoms with van der Waals surface area (Å²) in [4.78, 5) is 29.3. The van der Waals surface area contributed by atoms with Crippen molar-refractivity contribution < 1.29 is 22.4 Å². The summed E-state index contributed by atoms with van der Waals surface area (Å²) in [7, 11) is -3.51. The predicted octanol–water partition coefficient (Wildman–Crippen LogP) is 5.04. The molecule has 7 nitrogen and oxygen atoms in total. The maximum absolute atomic E-state index is 14.1. The van der Waals surface area contributed by atoms with Gasteiger partial charge in [-0.1, -0.05) is 47.1 Å². The summed E-state index contributed by atoms with van der Waals surface area (Å²) in [5.41, 5.74) is 1.79. The van der Waals surface area contributed by atoms with Gasteiger partial charge in [-0.15, -0.1) is 0 Å². The standard InChI is InChI=1S/C28H33BrFN3O4S/c1-20-6-12-32(13-7-20)38(36,37)18-22-5-3-2-4-21(22)17-33-26(34)8-11-31(27(33)35)19-28(9-10-28)23-14-24(29)16-25(30)15-23/h2-5,14-16,20H,6-13,17-19H2,1H3. The number of hydrogen-bond donors (Lipinski definition) is 0. The van der Waals surface area contributed by atoms with Crippen molar-refractivity contribution in [2.45, 2.75) is 56.7 Å². The molecule has 2 aromatic rings. The highest BCUT2D eigenvalue weighted by molar-refractivity contribution is 9.10. The van der Waals surface area contributed by atoms with Gasteiger partial charge in [0.05, 0.1) is 12.3 Å². The lowest BCUT2D eigenvalue weighted by molar-refractivity contribution is -0.131. The molecule has 0 atom stereocenters. The fourth-order valence-corrected chi connectivity index (χ4v) is 7.62. The Morgan fingerprint density at radius 3 is 2.37 bits per heavy atom. The number of carbonyl (C=O) groups excluding carboxylic acids is 2. The van der Waals surface area contributed by atoms with E-state index in [1.54, 1.807) is 33.5 Å². The van der Waals surface area contributed by atoms with E-state index in [9.17, 15) is 22.4 Å². The van der Waals surface area contributed by atoms with Crippen LogP contribution in [-0.4, -0.2) is 60.6 Å². The monoisotopic (exact) mass is 605 g/mol. The Kier molecular flexibility index (Phi) is 7.68. The van der Waals surface area contributed by atoms with Gasteiger partial charge in [0.25, 0.3) is 0 Å². The number of rotatable bonds is 8. The number of halogens is 2. The molecule has 2 saturated heterocycles. The van der Waals surface area contributed by atoms with Crippen LogP contribution in [0.5, 0.6) is 0 Å². The zero-order valence-corrected chi connectivity index (χ0v) is 23.9. The number of carbonyl (C=O) groups is 2. The van der Waals surface area contributed by atoms with Crippen LogP contribution < -0.4 is 0 Å². The Labute approximate surface area is 232 Å². The van der Waals surface area contributed by atoms with Crippen LogP contribution in [0, 0.1) is 11.7 Å². The van der Waals surface area contributed by atoms with Crippen LogP contribution in [-0.2, 0) is 32.5 Å². The van der Waals surface area contributed by atoms with Crippen molar-refractivity contribution >= 4 is 37.9 Å². The largest absolute Gasteiger partial charge is 0.327 e. The quantitative estimate of drug-likeness (QED) is 0.422. The zero-order chi connectivity index (χ0) is 27.1. The molecule has 3 fully saturated rings. The first kappa shape index (κ1) is 27.3. The van der Waals surface area contributed by atoms with Gasteiger partial charge in [-0.2, -0.15) is 0 Å². The van der Waals surface area contributed by atoms with Crippen LogP contribution in [0.2, 0.25) is 0 Å². The molecule has 38 heavy (non-hydrogen) atoms. The first-order valence-electron chi connectivity index (χ1n) is 13.2. The molecule has 3 amide bonds. The first-order chi connectivity index (χ1) is 18.1. The van der Waals surface area contributed by atoms with Crippen molar-refractivity contribution in [2.24, 2.45) is 5.92 Å². The third-order valence-electron chi connectivity index (χ3n) is 8.14. The Morgan fingerprint density at radius 1 is 1.03 bits per heavy atom. The van der Waals surface area contributed by atoms with Gasteiger partial charge in [-0.25, -0.2) is 21.9 Å². The number of imide groups is 1. The molecule has 1 saturated carbocycles. The molecule has 2 aliphatic heterocycles. The summed E-state index contributed by atoms with van der Waals surface area (Å²) < 4.78 is 42.6. The topological polar surface area (TPSA) is 78.0 Å². The van der Waals surface area contributed by atoms with Crippen molar-refractivity contribution in [3.63, 3.8) is 0 Å². The smallest absolute Gasteiger partial charge is 0.323 e. The summed E-state index contributed by atoms with van der Waals surface area (Å²) in [6, 6.07) is 11.6. The van der Waals surface area contributed by atoms with Gasteiger partial charge in [0.2, 0.25) is 15.9 Å². The lowest BCUT2D eigenvalue weighted by Gasteiger charge is -2.37. The van der Waals surface area contributed by atoms with Crippen LogP contribution in [0.4, 0.5) is 9.18 Å². The Hall–Kier alpha value is -2.30. The lowest BCUT2D eigenvalue weighted by atomic mass is 9.95. The zero-order valence-electron chi connectivity index (χ0n) is 21.5. The molecule has 0 aromatic heterocycles. The summed E-state index contributed by atoms with van der Waals surface area (Å²) >= 11 is 3.36. The third-order valence-corrected chi connectivity index (χ3v) is 10.4. The number of hydrogen-bond acceptors (Lipinski definition) is 4. The molecule has 0 spiro atoms. The van der Waals surface area contributed by atoms with E-state index in [4.69, 9.17) is 0 Å². The molecule has 0 radical (unpaired) electrons. The van der Waals surface area contributed by atoms with E-state index in [1.807, 2.05) is 6.07 Å². The van der Waals surface area contributed by atoms with Gasteiger partial charge in [0.15, 0.2) is 0 Å². The fraction of sp³-hybridized carbons (Fsp3) is 0.500. The third kappa shape index (κ3) is 5.82. The SMILES string of the molecule is CC1CCN(S(=O)(=O)Cc2ccccc2CN2C(=O)CCN(CC3(c4cc(F)cc(Br)c4)CC3)C2=O)CC1. The predicted molar refractivity (Wildman–Crippen MR) is 146 cm³/mol. The fourth-order valence-electron chi connectivity index (χ4n) is 5.53. The van der Waals surface area contributed by atoms with E-state index in [0.29, 0.717) is 47.7 Å². The number of piperidine rings is 1. The molecule has 3 aliphatic rings. The van der Waals surface area contributed by atoms with Crippen LogP contribution in [0.1, 0.15) is 55.7 Å². The van der Waals surface area contributed by atoms with Gasteiger partial charge in [0, 0.05) is 42.5 Å². The molecule has 10 heteroatoms. The molecule has 1 aliphatic carbocycles. The highest BCUT2D eigenvalue weighted by Crippen LogP contribution is 2.49.